The molecule has 1 amide bonds. The number of aromatic nitrogens is 1. The average molecular weight is 758 g/mol. The van der Waals surface area contributed by atoms with Crippen LogP contribution in [0.25, 0.3) is 5.57 Å². The number of ether oxygens (including phenoxy) is 4. The minimum atomic E-state index is -4.82. The van der Waals surface area contributed by atoms with Gasteiger partial charge in [0, 0.05) is 22.9 Å². The molecule has 12 nitrogen and oxygen atoms in total. The molecular formula is C33H29F6N3O9S. The third-order valence-corrected chi connectivity index (χ3v) is 9.19. The topological polar surface area (TPSA) is 159 Å². The molecule has 2 N–H and O–H groups in total. The second kappa shape index (κ2) is 14.6. The van der Waals surface area contributed by atoms with Crippen LogP contribution in [0, 0.1) is 6.92 Å². The Morgan fingerprint density at radius 3 is 2.12 bits per heavy atom. The van der Waals surface area contributed by atoms with E-state index in [9.17, 15) is 49.1 Å². The number of rotatable bonds is 12. The van der Waals surface area contributed by atoms with Crippen LogP contribution in [0.2, 0.25) is 0 Å². The summed E-state index contributed by atoms with van der Waals surface area (Å²) >= 11 is 0. The van der Waals surface area contributed by atoms with Crippen molar-refractivity contribution in [3.63, 3.8) is 0 Å². The maximum atomic E-state index is 13.9. The quantitative estimate of drug-likeness (QED) is 0.153. The van der Waals surface area contributed by atoms with Gasteiger partial charge in [0.1, 0.15) is 42.6 Å². The molecule has 52 heavy (non-hydrogen) atoms. The molecule has 0 radical (unpaired) electrons. The van der Waals surface area contributed by atoms with Gasteiger partial charge in [-0.2, -0.15) is 26.3 Å². The fourth-order valence-corrected chi connectivity index (χ4v) is 7.02. The number of carbonyl (C=O) groups is 3. The zero-order chi connectivity index (χ0) is 38.2. The van der Waals surface area contributed by atoms with Crippen LogP contribution in [0.15, 0.2) is 60.3 Å². The van der Waals surface area contributed by atoms with Gasteiger partial charge in [0.15, 0.2) is 5.78 Å². The van der Waals surface area contributed by atoms with E-state index in [1.807, 2.05) is 0 Å². The monoisotopic (exact) mass is 757 g/mol. The number of benzene rings is 2. The molecule has 3 unspecified atom stereocenters. The van der Waals surface area contributed by atoms with Crippen molar-refractivity contribution in [3.05, 3.63) is 93.8 Å². The van der Waals surface area contributed by atoms with Crippen molar-refractivity contribution < 1.29 is 68.1 Å². The van der Waals surface area contributed by atoms with E-state index < -0.39 is 77.2 Å². The van der Waals surface area contributed by atoms with Crippen LogP contribution in [0.1, 0.15) is 50.5 Å². The molecule has 0 fully saturated rings. The minimum absolute atomic E-state index is 0.0399. The Bertz CT molecular complexity index is 2030. The van der Waals surface area contributed by atoms with Gasteiger partial charge < -0.3 is 18.9 Å². The maximum absolute atomic E-state index is 13.9. The highest BCUT2D eigenvalue weighted by Crippen LogP contribution is 2.47. The maximum Gasteiger partial charge on any atom is 0.411 e. The molecule has 3 atom stereocenters. The van der Waals surface area contributed by atoms with Crippen LogP contribution in [-0.2, 0) is 34.8 Å². The summed E-state index contributed by atoms with van der Waals surface area (Å²) in [5, 5.41) is 2.80. The molecule has 1 aliphatic carbocycles. The lowest BCUT2D eigenvalue weighted by molar-refractivity contribution is -0.187. The van der Waals surface area contributed by atoms with Gasteiger partial charge in [0.2, 0.25) is 10.0 Å². The van der Waals surface area contributed by atoms with Gasteiger partial charge in [0.25, 0.3) is 5.78 Å². The fourth-order valence-electron chi connectivity index (χ4n) is 5.96. The Hall–Kier alpha value is -4.85. The number of hydrogen-bond donors (Lipinski definition) is 2. The molecule has 0 bridgehead atoms. The van der Waals surface area contributed by atoms with E-state index in [0.717, 1.165) is 0 Å². The molecule has 19 heteroatoms. The number of hydrogen-bond acceptors (Lipinski definition) is 11. The predicted molar refractivity (Wildman–Crippen MR) is 168 cm³/mol. The first-order valence-electron chi connectivity index (χ1n) is 15.1. The summed E-state index contributed by atoms with van der Waals surface area (Å²) in [5.74, 6) is -4.62. The van der Waals surface area contributed by atoms with Crippen molar-refractivity contribution in [2.75, 3.05) is 27.4 Å². The molecule has 0 saturated carbocycles. The summed E-state index contributed by atoms with van der Waals surface area (Å²) in [5.41, 5.74) is -0.244. The van der Waals surface area contributed by atoms with Crippen molar-refractivity contribution in [2.45, 2.75) is 43.4 Å². The fraction of sp³-hybridized carbons (Fsp3) is 0.333. The number of fused-ring (bicyclic) bond motifs is 2. The number of sulfonamides is 1. The molecule has 2 aliphatic rings. The molecule has 0 saturated heterocycles. The van der Waals surface area contributed by atoms with Crippen LogP contribution >= 0.6 is 0 Å². The van der Waals surface area contributed by atoms with Gasteiger partial charge in [-0.3, -0.25) is 24.7 Å². The average Bonchev–Trinajstić information content (AvgIpc) is 3.45. The standard InChI is InChI=1S/C33H29F6N3O9S/c1-16-12-17(13-52(46,47)42-30(45)28(44)22-20(48-2)7-4-8-21(22)49-3)9-10-18(16)26-23-24(31(41-26)51-15-33(37,38)39)25-19(6-5-11-40-25)29(27(23)43)50-14-32(34,35)36/h4-12,26,29,31,41H,13-15H2,1-3H3,(H,42,45). The van der Waals surface area contributed by atoms with Crippen molar-refractivity contribution >= 4 is 33.1 Å². The summed E-state index contributed by atoms with van der Waals surface area (Å²) < 4.78 is 127. The molecular weight excluding hydrogens is 728 g/mol. The van der Waals surface area contributed by atoms with Gasteiger partial charge >= 0.3 is 18.3 Å². The Morgan fingerprint density at radius 1 is 0.885 bits per heavy atom. The van der Waals surface area contributed by atoms with Crippen LogP contribution < -0.4 is 19.5 Å². The number of nitrogens with one attached hydrogen (secondary N) is 2. The SMILES string of the molecule is COc1cccc(OC)c1C(=O)C(=O)NS(=O)(=O)Cc1ccc(C2NC(OCC(F)(F)F)C3=C2C(=O)C(OCC(F)(F)F)c2cccnc23)c(C)c1. The smallest absolute Gasteiger partial charge is 0.411 e. The van der Waals surface area contributed by atoms with Crippen molar-refractivity contribution in [1.82, 2.24) is 15.0 Å². The number of halogens is 6. The van der Waals surface area contributed by atoms with Gasteiger partial charge in [0.05, 0.1) is 31.7 Å². The molecule has 2 heterocycles. The summed E-state index contributed by atoms with van der Waals surface area (Å²) in [4.78, 5) is 43.7. The molecule has 1 aromatic heterocycles. The first kappa shape index (κ1) is 38.4. The van der Waals surface area contributed by atoms with Gasteiger partial charge in [-0.05, 0) is 41.8 Å². The molecule has 5 rings (SSSR count). The Kier molecular flexibility index (Phi) is 10.8. The lowest BCUT2D eigenvalue weighted by Crippen LogP contribution is -2.37. The first-order chi connectivity index (χ1) is 24.3. The van der Waals surface area contributed by atoms with Crippen molar-refractivity contribution in [1.29, 1.82) is 0 Å². The van der Waals surface area contributed by atoms with E-state index in [-0.39, 0.29) is 50.6 Å². The van der Waals surface area contributed by atoms with E-state index >= 15 is 0 Å². The number of pyridine rings is 1. The largest absolute Gasteiger partial charge is 0.496 e. The van der Waals surface area contributed by atoms with Gasteiger partial charge in [-0.1, -0.05) is 30.3 Å². The Labute approximate surface area is 292 Å². The molecule has 2 aromatic carbocycles. The van der Waals surface area contributed by atoms with Crippen LogP contribution in [0.5, 0.6) is 11.5 Å². The van der Waals surface area contributed by atoms with E-state index in [2.05, 4.69) is 10.3 Å². The summed E-state index contributed by atoms with van der Waals surface area (Å²) in [6.45, 7) is -2.06. The molecule has 278 valence electrons. The van der Waals surface area contributed by atoms with E-state index in [1.54, 1.807) is 4.72 Å². The Morgan fingerprint density at radius 2 is 1.52 bits per heavy atom. The number of aryl methyl sites for hydroxylation is 1. The van der Waals surface area contributed by atoms with Crippen molar-refractivity contribution in [3.8, 4) is 11.5 Å². The zero-order valence-corrected chi connectivity index (χ0v) is 28.2. The van der Waals surface area contributed by atoms with Crippen LogP contribution in [0.3, 0.4) is 0 Å². The number of carbonyl (C=O) groups excluding carboxylic acids is 3. The third-order valence-electron chi connectivity index (χ3n) is 7.98. The molecule has 3 aromatic rings. The zero-order valence-electron chi connectivity index (χ0n) is 27.3. The lowest BCUT2D eigenvalue weighted by Gasteiger charge is -2.28. The number of ketones is 2. The van der Waals surface area contributed by atoms with E-state index in [4.69, 9.17) is 18.9 Å². The lowest BCUT2D eigenvalue weighted by atomic mass is 9.82. The number of methoxy groups -OCH3 is 2. The van der Waals surface area contributed by atoms with Crippen LogP contribution in [0.4, 0.5) is 26.3 Å². The number of amides is 1. The molecule has 1 aliphatic heterocycles. The highest BCUT2D eigenvalue weighted by molar-refractivity contribution is 7.89. The first-order valence-corrected chi connectivity index (χ1v) is 16.7. The summed E-state index contributed by atoms with van der Waals surface area (Å²) in [6.07, 6.45) is -11.7. The highest BCUT2D eigenvalue weighted by Gasteiger charge is 2.49. The van der Waals surface area contributed by atoms with Gasteiger partial charge in [-0.25, -0.2) is 13.1 Å². The highest BCUT2D eigenvalue weighted by atomic mass is 32.2. The predicted octanol–water partition coefficient (Wildman–Crippen LogP) is 4.44. The minimum Gasteiger partial charge on any atom is -0.496 e. The molecule has 0 spiro atoms. The second-order valence-electron chi connectivity index (χ2n) is 11.6. The number of nitrogens with zero attached hydrogens (tertiary/aromatic N) is 1. The number of alkyl halides is 6. The Balaban J connectivity index is 1.44. The van der Waals surface area contributed by atoms with Gasteiger partial charge in [-0.15, -0.1) is 0 Å². The normalized spacial score (nSPS) is 18.9. The van der Waals surface area contributed by atoms with Crippen molar-refractivity contribution in [2.24, 2.45) is 0 Å². The summed E-state index contributed by atoms with van der Waals surface area (Å²) in [6, 6.07) is 9.58. The van der Waals surface area contributed by atoms with Crippen LogP contribution in [-0.4, -0.2) is 76.9 Å². The van der Waals surface area contributed by atoms with E-state index in [0.29, 0.717) is 5.56 Å². The summed E-state index contributed by atoms with van der Waals surface area (Å²) in [7, 11) is -2.04. The van der Waals surface area contributed by atoms with E-state index in [1.165, 1.54) is 75.9 Å². The third kappa shape index (κ3) is 8.27. The second-order valence-corrected chi connectivity index (χ2v) is 13.3. The number of Topliss-reactive ketones (excluding diaryl/α,β-unsaturated/α-hetero) is 2.